The highest BCUT2D eigenvalue weighted by atomic mass is 35.5. The van der Waals surface area contributed by atoms with E-state index in [1.54, 1.807) is 19.2 Å². The number of benzene rings is 1. The molecular weight excluding hydrogens is 229 g/mol. The van der Waals surface area contributed by atoms with Crippen molar-refractivity contribution in [2.24, 2.45) is 5.73 Å². The molecule has 2 nitrogen and oxygen atoms in total. The summed E-state index contributed by atoms with van der Waals surface area (Å²) in [6.07, 6.45) is 1.18. The molecule has 16 heavy (non-hydrogen) atoms. The van der Waals surface area contributed by atoms with Crippen molar-refractivity contribution in [1.82, 2.24) is 0 Å². The lowest BCUT2D eigenvalue weighted by atomic mass is 10.0. The summed E-state index contributed by atoms with van der Waals surface area (Å²) in [6.45, 7) is 1.93. The minimum Gasteiger partial charge on any atom is -0.382 e. The number of nitrogens with two attached hydrogens (primary N) is 1. The first kappa shape index (κ1) is 13.4. The molecule has 0 aliphatic carbocycles. The molecule has 0 aromatic heterocycles. The molecule has 1 aromatic carbocycles. The van der Waals surface area contributed by atoms with Crippen LogP contribution >= 0.6 is 11.6 Å². The van der Waals surface area contributed by atoms with E-state index in [9.17, 15) is 4.39 Å². The van der Waals surface area contributed by atoms with E-state index >= 15 is 0 Å². The lowest BCUT2D eigenvalue weighted by molar-refractivity contribution is 0.104. The second-order valence-corrected chi connectivity index (χ2v) is 4.35. The summed E-state index contributed by atoms with van der Waals surface area (Å²) in [5.41, 5.74) is 6.40. The van der Waals surface area contributed by atoms with Crippen LogP contribution in [-0.4, -0.2) is 19.3 Å². The van der Waals surface area contributed by atoms with Gasteiger partial charge in [-0.2, -0.15) is 0 Å². The van der Waals surface area contributed by atoms with Crippen molar-refractivity contribution in [3.05, 3.63) is 34.6 Å². The Morgan fingerprint density at radius 3 is 2.75 bits per heavy atom. The summed E-state index contributed by atoms with van der Waals surface area (Å²) < 4.78 is 18.6. The lowest BCUT2D eigenvalue weighted by Gasteiger charge is -2.17. The van der Waals surface area contributed by atoms with Gasteiger partial charge in [-0.25, -0.2) is 4.39 Å². The molecule has 4 heteroatoms. The number of methoxy groups -OCH3 is 1. The predicted molar refractivity (Wildman–Crippen MR) is 64.2 cm³/mol. The molecule has 2 N–H and O–H groups in total. The summed E-state index contributed by atoms with van der Waals surface area (Å²) >= 11 is 5.92. The molecule has 0 bridgehead atoms. The van der Waals surface area contributed by atoms with Crippen LogP contribution in [0.4, 0.5) is 4.39 Å². The van der Waals surface area contributed by atoms with Gasteiger partial charge < -0.3 is 10.5 Å². The van der Waals surface area contributed by atoms with E-state index in [2.05, 4.69) is 0 Å². The van der Waals surface area contributed by atoms with Crippen molar-refractivity contribution in [2.45, 2.75) is 31.9 Å². The smallest absolute Gasteiger partial charge is 0.127 e. The van der Waals surface area contributed by atoms with Gasteiger partial charge in [0.15, 0.2) is 0 Å². The summed E-state index contributed by atoms with van der Waals surface area (Å²) in [7, 11) is 1.63. The van der Waals surface area contributed by atoms with Gasteiger partial charge in [0.05, 0.1) is 6.10 Å². The third-order valence-electron chi connectivity index (χ3n) is 2.57. The standard InChI is InChI=1S/C12H17ClFNO/c1-8(16-2)6-9(15)7-10-11(13)4-3-5-12(10)14/h3-5,8-9H,6-7,15H2,1-2H3. The first-order valence-corrected chi connectivity index (χ1v) is 5.63. The molecule has 2 atom stereocenters. The maximum Gasteiger partial charge on any atom is 0.127 e. The molecule has 0 saturated carbocycles. The lowest BCUT2D eigenvalue weighted by Crippen LogP contribution is -2.28. The predicted octanol–water partition coefficient (Wildman–Crippen LogP) is 2.77. The van der Waals surface area contributed by atoms with Gasteiger partial charge in [0.2, 0.25) is 0 Å². The maximum atomic E-state index is 13.5. The third-order valence-corrected chi connectivity index (χ3v) is 2.92. The molecular formula is C12H17ClFNO. The van der Waals surface area contributed by atoms with Gasteiger partial charge in [-0.1, -0.05) is 17.7 Å². The molecule has 1 aromatic rings. The minimum absolute atomic E-state index is 0.0700. The first-order valence-electron chi connectivity index (χ1n) is 5.25. The van der Waals surface area contributed by atoms with E-state index in [1.807, 2.05) is 6.92 Å². The van der Waals surface area contributed by atoms with Crippen molar-refractivity contribution < 1.29 is 9.13 Å². The Morgan fingerprint density at radius 1 is 1.50 bits per heavy atom. The second kappa shape index (κ2) is 6.18. The van der Waals surface area contributed by atoms with Gasteiger partial charge in [-0.3, -0.25) is 0 Å². The molecule has 90 valence electrons. The third kappa shape index (κ3) is 3.74. The summed E-state index contributed by atoms with van der Waals surface area (Å²) in [5, 5.41) is 0.431. The maximum absolute atomic E-state index is 13.5. The molecule has 0 radical (unpaired) electrons. The zero-order valence-corrected chi connectivity index (χ0v) is 10.3. The SMILES string of the molecule is COC(C)CC(N)Cc1c(F)cccc1Cl. The molecule has 0 fully saturated rings. The topological polar surface area (TPSA) is 35.2 Å². The molecule has 0 amide bonds. The molecule has 0 aliphatic heterocycles. The van der Waals surface area contributed by atoms with E-state index in [0.717, 1.165) is 0 Å². The second-order valence-electron chi connectivity index (χ2n) is 3.95. The van der Waals surface area contributed by atoms with Crippen molar-refractivity contribution in [1.29, 1.82) is 0 Å². The van der Waals surface area contributed by atoms with Gasteiger partial charge in [-0.15, -0.1) is 0 Å². The Labute approximate surface area is 101 Å². The molecule has 2 unspecified atom stereocenters. The Balaban J connectivity index is 2.66. The Bertz CT molecular complexity index is 326. The van der Waals surface area contributed by atoms with Gasteiger partial charge in [-0.05, 0) is 31.9 Å². The highest BCUT2D eigenvalue weighted by molar-refractivity contribution is 6.31. The van der Waals surface area contributed by atoms with E-state index in [0.29, 0.717) is 23.4 Å². The van der Waals surface area contributed by atoms with Crippen LogP contribution in [0.2, 0.25) is 5.02 Å². The summed E-state index contributed by atoms with van der Waals surface area (Å²) in [6, 6.07) is 4.51. The Hall–Kier alpha value is -0.640. The Kier molecular flexibility index (Phi) is 5.19. The fourth-order valence-electron chi connectivity index (χ4n) is 1.60. The molecule has 1 rings (SSSR count). The largest absolute Gasteiger partial charge is 0.382 e. The van der Waals surface area contributed by atoms with Crippen LogP contribution in [0, 0.1) is 5.82 Å². The zero-order valence-electron chi connectivity index (χ0n) is 9.54. The average molecular weight is 246 g/mol. The van der Waals surface area contributed by atoms with E-state index in [-0.39, 0.29) is 18.0 Å². The summed E-state index contributed by atoms with van der Waals surface area (Å²) in [5.74, 6) is -0.298. The number of halogens is 2. The van der Waals surface area contributed by atoms with Crippen LogP contribution in [0.15, 0.2) is 18.2 Å². The van der Waals surface area contributed by atoms with Crippen LogP contribution in [-0.2, 0) is 11.2 Å². The molecule has 0 saturated heterocycles. The van der Waals surface area contributed by atoms with Gasteiger partial charge in [0, 0.05) is 23.7 Å². The van der Waals surface area contributed by atoms with Crippen molar-refractivity contribution in [3.8, 4) is 0 Å². The fraction of sp³-hybridized carbons (Fsp3) is 0.500. The zero-order chi connectivity index (χ0) is 12.1. The quantitative estimate of drug-likeness (QED) is 0.866. The molecule has 0 aliphatic rings. The summed E-state index contributed by atoms with van der Waals surface area (Å²) in [4.78, 5) is 0. The number of hydrogen-bond donors (Lipinski definition) is 1. The normalized spacial score (nSPS) is 14.8. The van der Waals surface area contributed by atoms with Crippen molar-refractivity contribution in [3.63, 3.8) is 0 Å². The van der Waals surface area contributed by atoms with Crippen LogP contribution in [0.1, 0.15) is 18.9 Å². The monoisotopic (exact) mass is 245 g/mol. The highest BCUT2D eigenvalue weighted by Crippen LogP contribution is 2.21. The van der Waals surface area contributed by atoms with E-state index < -0.39 is 0 Å². The van der Waals surface area contributed by atoms with Gasteiger partial charge in [0.1, 0.15) is 5.82 Å². The van der Waals surface area contributed by atoms with Gasteiger partial charge in [0.25, 0.3) is 0 Å². The van der Waals surface area contributed by atoms with E-state index in [4.69, 9.17) is 22.1 Å². The van der Waals surface area contributed by atoms with Crippen molar-refractivity contribution >= 4 is 11.6 Å². The molecule has 0 spiro atoms. The van der Waals surface area contributed by atoms with Crippen LogP contribution < -0.4 is 5.73 Å². The number of rotatable bonds is 5. The van der Waals surface area contributed by atoms with E-state index in [1.165, 1.54) is 6.07 Å². The van der Waals surface area contributed by atoms with Gasteiger partial charge >= 0.3 is 0 Å². The number of ether oxygens (including phenoxy) is 1. The fourth-order valence-corrected chi connectivity index (χ4v) is 1.84. The average Bonchev–Trinajstić information content (AvgIpc) is 2.23. The van der Waals surface area contributed by atoms with Crippen LogP contribution in [0.5, 0.6) is 0 Å². The first-order chi connectivity index (χ1) is 7.54. The highest BCUT2D eigenvalue weighted by Gasteiger charge is 2.14. The number of hydrogen-bond acceptors (Lipinski definition) is 2. The molecule has 0 heterocycles. The van der Waals surface area contributed by atoms with Crippen molar-refractivity contribution in [2.75, 3.05) is 7.11 Å². The van der Waals surface area contributed by atoms with Crippen LogP contribution in [0.3, 0.4) is 0 Å². The Morgan fingerprint density at radius 2 is 2.19 bits per heavy atom. The van der Waals surface area contributed by atoms with Crippen LogP contribution in [0.25, 0.3) is 0 Å². The minimum atomic E-state index is -0.298.